The maximum Gasteiger partial charge on any atom is 0.269 e. The lowest BCUT2D eigenvalue weighted by Gasteiger charge is -2.20. The molecule has 0 radical (unpaired) electrons. The van der Waals surface area contributed by atoms with Gasteiger partial charge in [-0.25, -0.2) is 4.98 Å². The predicted octanol–water partition coefficient (Wildman–Crippen LogP) is 4.12. The normalized spacial score (nSPS) is 11.4. The van der Waals surface area contributed by atoms with Gasteiger partial charge in [-0.15, -0.1) is 0 Å². The first-order valence-electron chi connectivity index (χ1n) is 9.10. The van der Waals surface area contributed by atoms with E-state index in [0.29, 0.717) is 18.2 Å². The highest BCUT2D eigenvalue weighted by Gasteiger charge is 2.18. The van der Waals surface area contributed by atoms with Crippen LogP contribution in [-0.4, -0.2) is 47.9 Å². The summed E-state index contributed by atoms with van der Waals surface area (Å²) in [5.41, 5.74) is 2.73. The number of nitrogens with zero attached hydrogens (tertiary/aromatic N) is 4. The third-order valence-electron chi connectivity index (χ3n) is 4.40. The van der Waals surface area contributed by atoms with Crippen LogP contribution in [0.2, 0.25) is 0 Å². The fourth-order valence-corrected chi connectivity index (χ4v) is 3.83. The van der Waals surface area contributed by atoms with Gasteiger partial charge in [-0.05, 0) is 56.4 Å². The Labute approximate surface area is 173 Å². The number of benzene rings is 2. The van der Waals surface area contributed by atoms with Crippen LogP contribution in [0.15, 0.2) is 48.5 Å². The van der Waals surface area contributed by atoms with Crippen molar-refractivity contribution < 1.29 is 9.72 Å². The molecule has 0 fully saturated rings. The maximum absolute atomic E-state index is 12.9. The number of carbonyl (C=O) groups is 1. The van der Waals surface area contributed by atoms with E-state index in [-0.39, 0.29) is 11.6 Å². The molecule has 0 atom stereocenters. The van der Waals surface area contributed by atoms with Gasteiger partial charge in [-0.3, -0.25) is 19.8 Å². The number of hydrogen-bond acceptors (Lipinski definition) is 6. The number of nitro benzene ring substituents is 1. The van der Waals surface area contributed by atoms with Crippen molar-refractivity contribution in [3.8, 4) is 0 Å². The molecule has 3 rings (SSSR count). The first-order valence-corrected chi connectivity index (χ1v) is 9.92. The number of para-hydroxylation sites is 1. The SMILES string of the molecule is Cc1cccc2sc(N(CCN(C)C)C(=O)/C=C\c3ccc([N+](=O)[O-])cc3)nc12. The molecule has 0 unspecified atom stereocenters. The second-order valence-electron chi connectivity index (χ2n) is 6.89. The number of hydrogen-bond donors (Lipinski definition) is 0. The number of anilines is 1. The zero-order valence-corrected chi connectivity index (χ0v) is 17.3. The van der Waals surface area contributed by atoms with Crippen LogP contribution in [0.1, 0.15) is 11.1 Å². The molecule has 0 N–H and O–H groups in total. The van der Waals surface area contributed by atoms with Crippen LogP contribution < -0.4 is 4.90 Å². The number of likely N-dealkylation sites (N-methyl/N-ethyl adjacent to an activating group) is 1. The van der Waals surface area contributed by atoms with Crippen LogP contribution in [0, 0.1) is 17.0 Å². The molecule has 1 heterocycles. The van der Waals surface area contributed by atoms with E-state index in [4.69, 9.17) is 4.98 Å². The number of aryl methyl sites for hydroxylation is 1. The molecule has 7 nitrogen and oxygen atoms in total. The first-order chi connectivity index (χ1) is 13.8. The zero-order valence-electron chi connectivity index (χ0n) is 16.5. The Balaban J connectivity index is 1.85. The molecule has 0 spiro atoms. The molecule has 8 heteroatoms. The number of aromatic nitrogens is 1. The molecule has 29 heavy (non-hydrogen) atoms. The molecule has 0 saturated carbocycles. The Morgan fingerprint density at radius 3 is 2.52 bits per heavy atom. The Bertz CT molecular complexity index is 1060. The maximum atomic E-state index is 12.9. The summed E-state index contributed by atoms with van der Waals surface area (Å²) in [5, 5.41) is 11.4. The molecule has 2 aromatic carbocycles. The van der Waals surface area contributed by atoms with Gasteiger partial charge in [0.05, 0.1) is 15.1 Å². The number of thiazole rings is 1. The van der Waals surface area contributed by atoms with E-state index >= 15 is 0 Å². The van der Waals surface area contributed by atoms with Gasteiger partial charge in [-0.2, -0.15) is 0 Å². The van der Waals surface area contributed by atoms with Gasteiger partial charge in [-0.1, -0.05) is 23.5 Å². The highest BCUT2D eigenvalue weighted by molar-refractivity contribution is 7.22. The molecule has 0 aliphatic rings. The van der Waals surface area contributed by atoms with E-state index in [1.807, 2.05) is 44.1 Å². The lowest BCUT2D eigenvalue weighted by molar-refractivity contribution is -0.384. The van der Waals surface area contributed by atoms with Crippen molar-refractivity contribution >= 4 is 44.4 Å². The van der Waals surface area contributed by atoms with E-state index in [1.54, 1.807) is 23.1 Å². The fourth-order valence-electron chi connectivity index (χ4n) is 2.75. The van der Waals surface area contributed by atoms with Gasteiger partial charge in [0, 0.05) is 31.3 Å². The summed E-state index contributed by atoms with van der Waals surface area (Å²) < 4.78 is 1.04. The fraction of sp³-hybridized carbons (Fsp3) is 0.238. The summed E-state index contributed by atoms with van der Waals surface area (Å²) in [4.78, 5) is 31.6. The van der Waals surface area contributed by atoms with E-state index in [2.05, 4.69) is 0 Å². The smallest absolute Gasteiger partial charge is 0.269 e. The number of nitro groups is 1. The molecular weight excluding hydrogens is 388 g/mol. The van der Waals surface area contributed by atoms with Crippen molar-refractivity contribution in [2.45, 2.75) is 6.92 Å². The molecule has 150 valence electrons. The number of fused-ring (bicyclic) bond motifs is 1. The van der Waals surface area contributed by atoms with Crippen LogP contribution >= 0.6 is 11.3 Å². The average Bonchev–Trinajstić information content (AvgIpc) is 3.12. The van der Waals surface area contributed by atoms with Crippen molar-refractivity contribution in [3.63, 3.8) is 0 Å². The lowest BCUT2D eigenvalue weighted by Crippen LogP contribution is -2.35. The van der Waals surface area contributed by atoms with Gasteiger partial charge >= 0.3 is 0 Å². The van der Waals surface area contributed by atoms with Crippen molar-refractivity contribution in [1.29, 1.82) is 0 Å². The van der Waals surface area contributed by atoms with Crippen LogP contribution in [0.25, 0.3) is 16.3 Å². The van der Waals surface area contributed by atoms with Crippen molar-refractivity contribution in [2.75, 3.05) is 32.1 Å². The van der Waals surface area contributed by atoms with Crippen molar-refractivity contribution in [1.82, 2.24) is 9.88 Å². The van der Waals surface area contributed by atoms with Crippen LogP contribution in [0.4, 0.5) is 10.8 Å². The summed E-state index contributed by atoms with van der Waals surface area (Å²) in [6.45, 7) is 3.22. The van der Waals surface area contributed by atoms with Crippen molar-refractivity contribution in [3.05, 3.63) is 69.8 Å². The Kier molecular flexibility index (Phi) is 6.36. The zero-order chi connectivity index (χ0) is 21.0. The first kappa shape index (κ1) is 20.6. The Morgan fingerprint density at radius 2 is 1.90 bits per heavy atom. The third kappa shape index (κ3) is 5.04. The molecule has 3 aromatic rings. The Hall–Kier alpha value is -3.10. The number of carbonyl (C=O) groups excluding carboxylic acids is 1. The third-order valence-corrected chi connectivity index (χ3v) is 5.44. The molecule has 0 aliphatic carbocycles. The Morgan fingerprint density at radius 1 is 1.17 bits per heavy atom. The second-order valence-corrected chi connectivity index (χ2v) is 7.90. The van der Waals surface area contributed by atoms with E-state index in [9.17, 15) is 14.9 Å². The molecule has 0 bridgehead atoms. The van der Waals surface area contributed by atoms with Crippen LogP contribution in [0.3, 0.4) is 0 Å². The van der Waals surface area contributed by atoms with Crippen LogP contribution in [-0.2, 0) is 4.79 Å². The predicted molar refractivity (Wildman–Crippen MR) is 117 cm³/mol. The van der Waals surface area contributed by atoms with Gasteiger partial charge < -0.3 is 4.90 Å². The molecular formula is C21H22N4O3S. The number of non-ortho nitro benzene ring substituents is 1. The minimum Gasteiger partial charge on any atom is -0.308 e. The summed E-state index contributed by atoms with van der Waals surface area (Å²) in [7, 11) is 3.91. The number of rotatable bonds is 7. The van der Waals surface area contributed by atoms with E-state index < -0.39 is 4.92 Å². The summed E-state index contributed by atoms with van der Waals surface area (Å²) in [6.07, 6.45) is 3.14. The topological polar surface area (TPSA) is 79.6 Å². The highest BCUT2D eigenvalue weighted by atomic mass is 32.1. The summed E-state index contributed by atoms with van der Waals surface area (Å²) in [5.74, 6) is -0.179. The number of amides is 1. The van der Waals surface area contributed by atoms with Crippen molar-refractivity contribution in [2.24, 2.45) is 0 Å². The molecule has 1 aromatic heterocycles. The minimum atomic E-state index is -0.448. The van der Waals surface area contributed by atoms with Gasteiger partial charge in [0.1, 0.15) is 0 Å². The standard InChI is InChI=1S/C21H22N4O3S/c1-15-5-4-6-18-20(15)22-21(29-18)24(14-13-23(2)3)19(26)12-9-16-7-10-17(11-8-16)25(27)28/h4-12H,13-14H2,1-3H3/b12-9-. The molecule has 1 amide bonds. The summed E-state index contributed by atoms with van der Waals surface area (Å²) in [6, 6.07) is 12.1. The average molecular weight is 410 g/mol. The lowest BCUT2D eigenvalue weighted by atomic mass is 10.2. The van der Waals surface area contributed by atoms with Crippen LogP contribution in [0.5, 0.6) is 0 Å². The van der Waals surface area contributed by atoms with E-state index in [1.165, 1.54) is 29.5 Å². The molecule has 0 aliphatic heterocycles. The second kappa shape index (κ2) is 8.93. The van der Waals surface area contributed by atoms with E-state index in [0.717, 1.165) is 21.3 Å². The minimum absolute atomic E-state index is 0.0194. The largest absolute Gasteiger partial charge is 0.308 e. The van der Waals surface area contributed by atoms with Gasteiger partial charge in [0.25, 0.3) is 11.6 Å². The highest BCUT2D eigenvalue weighted by Crippen LogP contribution is 2.30. The summed E-state index contributed by atoms with van der Waals surface area (Å²) >= 11 is 1.49. The quantitative estimate of drug-likeness (QED) is 0.333. The van der Waals surface area contributed by atoms with Gasteiger partial charge in [0.2, 0.25) is 0 Å². The monoisotopic (exact) mass is 410 g/mol. The van der Waals surface area contributed by atoms with Gasteiger partial charge in [0.15, 0.2) is 5.13 Å². The molecule has 0 saturated heterocycles.